The molecule has 3 rings (SSSR count). The van der Waals surface area contributed by atoms with Gasteiger partial charge in [-0.1, -0.05) is 36.4 Å². The number of alkyl halides is 3. The average Bonchev–Trinajstić information content (AvgIpc) is 3.07. The monoisotopic (exact) mass is 390 g/mol. The molecule has 2 aromatic rings. The Morgan fingerprint density at radius 3 is 2.57 bits per heavy atom. The molecule has 0 spiro atoms. The van der Waals surface area contributed by atoms with Crippen molar-refractivity contribution in [3.8, 4) is 0 Å². The molecule has 0 aliphatic carbocycles. The number of amides is 2. The molecule has 148 valence electrons. The summed E-state index contributed by atoms with van der Waals surface area (Å²) < 4.78 is 38.7. The lowest BCUT2D eigenvalue weighted by Gasteiger charge is -2.18. The van der Waals surface area contributed by atoms with Crippen molar-refractivity contribution in [2.75, 3.05) is 18.0 Å². The molecule has 0 aromatic heterocycles. The van der Waals surface area contributed by atoms with E-state index in [1.54, 1.807) is 0 Å². The van der Waals surface area contributed by atoms with Crippen molar-refractivity contribution in [2.24, 2.45) is 5.92 Å². The second-order valence-corrected chi connectivity index (χ2v) is 6.83. The van der Waals surface area contributed by atoms with Gasteiger partial charge in [0.1, 0.15) is 0 Å². The number of nitrogens with one attached hydrogen (secondary N) is 1. The van der Waals surface area contributed by atoms with E-state index in [2.05, 4.69) is 5.32 Å². The highest BCUT2D eigenvalue weighted by atomic mass is 19.4. The fraction of sp³-hybridized carbons (Fsp3) is 0.333. The van der Waals surface area contributed by atoms with E-state index in [0.717, 1.165) is 25.0 Å². The molecule has 1 fully saturated rings. The molecule has 7 heteroatoms. The summed E-state index contributed by atoms with van der Waals surface area (Å²) in [5, 5.41) is 2.83. The molecule has 28 heavy (non-hydrogen) atoms. The maximum Gasteiger partial charge on any atom is 0.416 e. The highest BCUT2D eigenvalue weighted by molar-refractivity contribution is 6.00. The van der Waals surface area contributed by atoms with Crippen LogP contribution in [0.2, 0.25) is 0 Å². The van der Waals surface area contributed by atoms with Gasteiger partial charge >= 0.3 is 6.18 Å². The van der Waals surface area contributed by atoms with E-state index in [0.29, 0.717) is 6.54 Å². The lowest BCUT2D eigenvalue weighted by molar-refractivity contribution is -0.137. The van der Waals surface area contributed by atoms with Crippen molar-refractivity contribution in [1.82, 2.24) is 5.32 Å². The van der Waals surface area contributed by atoms with Crippen LogP contribution in [0.3, 0.4) is 0 Å². The average molecular weight is 390 g/mol. The Kier molecular flexibility index (Phi) is 6.02. The summed E-state index contributed by atoms with van der Waals surface area (Å²) >= 11 is 0. The standard InChI is InChI=1S/C21H21F3N2O2/c22-21(23,24)17-9-4-10-18(13-17)26-14-16(12-19(26)27)20(28)25-11-5-8-15-6-2-1-3-7-15/h1-4,6-7,9-10,13,16H,5,8,11-12,14H2,(H,25,28)/t16-/m1/s1. The zero-order valence-corrected chi connectivity index (χ0v) is 15.2. The predicted molar refractivity (Wildman–Crippen MR) is 99.7 cm³/mol. The van der Waals surface area contributed by atoms with Crippen LogP contribution in [0.5, 0.6) is 0 Å². The van der Waals surface area contributed by atoms with Gasteiger partial charge in [0.25, 0.3) is 0 Å². The van der Waals surface area contributed by atoms with Crippen LogP contribution in [0, 0.1) is 5.92 Å². The highest BCUT2D eigenvalue weighted by Crippen LogP contribution is 2.33. The smallest absolute Gasteiger partial charge is 0.356 e. The molecule has 4 nitrogen and oxygen atoms in total. The zero-order valence-electron chi connectivity index (χ0n) is 15.2. The summed E-state index contributed by atoms with van der Waals surface area (Å²) in [5.74, 6) is -1.14. The van der Waals surface area contributed by atoms with Gasteiger partial charge in [-0.15, -0.1) is 0 Å². The molecule has 1 N–H and O–H groups in total. The minimum Gasteiger partial charge on any atom is -0.356 e. The Balaban J connectivity index is 1.53. The second-order valence-electron chi connectivity index (χ2n) is 6.83. The zero-order chi connectivity index (χ0) is 20.1. The Morgan fingerprint density at radius 2 is 1.86 bits per heavy atom. The van der Waals surface area contributed by atoms with E-state index in [1.807, 2.05) is 30.3 Å². The number of rotatable bonds is 6. The van der Waals surface area contributed by atoms with Crippen molar-refractivity contribution in [2.45, 2.75) is 25.4 Å². The third kappa shape index (κ3) is 4.91. The molecule has 1 heterocycles. The summed E-state index contributed by atoms with van der Waals surface area (Å²) in [5.41, 5.74) is 0.536. The van der Waals surface area contributed by atoms with Gasteiger partial charge in [-0.25, -0.2) is 0 Å². The van der Waals surface area contributed by atoms with Crippen molar-refractivity contribution in [3.63, 3.8) is 0 Å². The van der Waals surface area contributed by atoms with Crippen LogP contribution in [-0.2, 0) is 22.2 Å². The highest BCUT2D eigenvalue weighted by Gasteiger charge is 2.36. The Bertz CT molecular complexity index is 837. The molecule has 1 atom stereocenters. The number of nitrogens with zero attached hydrogens (tertiary/aromatic N) is 1. The minimum atomic E-state index is -4.48. The first-order valence-electron chi connectivity index (χ1n) is 9.14. The number of benzene rings is 2. The van der Waals surface area contributed by atoms with Crippen LogP contribution in [0.25, 0.3) is 0 Å². The van der Waals surface area contributed by atoms with E-state index in [1.165, 1.54) is 22.6 Å². The molecule has 0 saturated carbocycles. The van der Waals surface area contributed by atoms with Crippen molar-refractivity contribution >= 4 is 17.5 Å². The maximum atomic E-state index is 12.9. The normalized spacial score (nSPS) is 17.0. The summed E-state index contributed by atoms with van der Waals surface area (Å²) in [6.45, 7) is 0.576. The van der Waals surface area contributed by atoms with Crippen LogP contribution in [-0.4, -0.2) is 24.9 Å². The van der Waals surface area contributed by atoms with Crippen LogP contribution in [0.15, 0.2) is 54.6 Å². The second kappa shape index (κ2) is 8.46. The number of aryl methyl sites for hydroxylation is 1. The Hall–Kier alpha value is -2.83. The molecular formula is C21H21F3N2O2. The van der Waals surface area contributed by atoms with Crippen molar-refractivity contribution < 1.29 is 22.8 Å². The molecule has 0 bridgehead atoms. The number of halogens is 3. The lowest BCUT2D eigenvalue weighted by Crippen LogP contribution is -2.33. The van der Waals surface area contributed by atoms with Crippen LogP contribution < -0.4 is 10.2 Å². The van der Waals surface area contributed by atoms with Gasteiger partial charge in [-0.2, -0.15) is 13.2 Å². The first-order valence-corrected chi connectivity index (χ1v) is 9.14. The van der Waals surface area contributed by atoms with Crippen LogP contribution in [0.4, 0.5) is 18.9 Å². The molecule has 2 amide bonds. The van der Waals surface area contributed by atoms with E-state index in [9.17, 15) is 22.8 Å². The van der Waals surface area contributed by atoms with Gasteiger partial charge in [0.15, 0.2) is 0 Å². The third-order valence-corrected chi connectivity index (χ3v) is 4.77. The Labute approximate surface area is 161 Å². The van der Waals surface area contributed by atoms with E-state index >= 15 is 0 Å². The van der Waals surface area contributed by atoms with Gasteiger partial charge in [-0.3, -0.25) is 9.59 Å². The molecule has 2 aromatic carbocycles. The molecular weight excluding hydrogens is 369 g/mol. The summed E-state index contributed by atoms with van der Waals surface area (Å²) in [6.07, 6.45) is -2.87. The molecule has 0 unspecified atom stereocenters. The topological polar surface area (TPSA) is 49.4 Å². The predicted octanol–water partition coefficient (Wildman–Crippen LogP) is 3.81. The van der Waals surface area contributed by atoms with Crippen LogP contribution in [0.1, 0.15) is 24.0 Å². The third-order valence-electron chi connectivity index (χ3n) is 4.77. The maximum absolute atomic E-state index is 12.9. The van der Waals surface area contributed by atoms with Crippen LogP contribution >= 0.6 is 0 Å². The van der Waals surface area contributed by atoms with E-state index < -0.39 is 17.7 Å². The number of hydrogen-bond acceptors (Lipinski definition) is 2. The summed E-state index contributed by atoms with van der Waals surface area (Å²) in [7, 11) is 0. The summed E-state index contributed by atoms with van der Waals surface area (Å²) in [4.78, 5) is 25.8. The van der Waals surface area contributed by atoms with Crippen molar-refractivity contribution in [1.29, 1.82) is 0 Å². The SMILES string of the molecule is O=C(NCCCc1ccccc1)[C@@H]1CC(=O)N(c2cccc(C(F)(F)F)c2)C1. The first kappa shape index (κ1) is 19.9. The minimum absolute atomic E-state index is 0.000758. The van der Waals surface area contributed by atoms with E-state index in [-0.39, 0.29) is 30.5 Å². The van der Waals surface area contributed by atoms with Crippen molar-refractivity contribution in [3.05, 3.63) is 65.7 Å². The quantitative estimate of drug-likeness (QED) is 0.763. The number of carbonyl (C=O) groups excluding carboxylic acids is 2. The Morgan fingerprint density at radius 1 is 1.11 bits per heavy atom. The fourth-order valence-electron chi connectivity index (χ4n) is 3.28. The number of hydrogen-bond donors (Lipinski definition) is 1. The van der Waals surface area contributed by atoms with Gasteiger partial charge in [-0.05, 0) is 36.6 Å². The first-order chi connectivity index (χ1) is 13.3. The van der Waals surface area contributed by atoms with Gasteiger partial charge in [0.2, 0.25) is 11.8 Å². The van der Waals surface area contributed by atoms with Gasteiger partial charge in [0.05, 0.1) is 11.5 Å². The lowest BCUT2D eigenvalue weighted by atomic mass is 10.1. The molecule has 1 aliphatic heterocycles. The molecule has 0 radical (unpaired) electrons. The fourth-order valence-corrected chi connectivity index (χ4v) is 3.28. The van der Waals surface area contributed by atoms with Gasteiger partial charge < -0.3 is 10.2 Å². The molecule has 1 saturated heterocycles. The molecule has 1 aliphatic rings. The summed E-state index contributed by atoms with van der Waals surface area (Å²) in [6, 6.07) is 14.5. The largest absolute Gasteiger partial charge is 0.416 e. The van der Waals surface area contributed by atoms with Gasteiger partial charge in [0, 0.05) is 25.2 Å². The van der Waals surface area contributed by atoms with E-state index in [4.69, 9.17) is 0 Å². The number of carbonyl (C=O) groups is 2. The number of anilines is 1.